The Labute approximate surface area is 102 Å². The highest BCUT2D eigenvalue weighted by Gasteiger charge is 2.31. The van der Waals surface area contributed by atoms with Crippen LogP contribution in [0.3, 0.4) is 0 Å². The van der Waals surface area contributed by atoms with Gasteiger partial charge in [0.05, 0.1) is 6.20 Å². The molecule has 2 rings (SSSR count). The van der Waals surface area contributed by atoms with Crippen LogP contribution < -0.4 is 5.73 Å². The van der Waals surface area contributed by atoms with E-state index in [1.165, 1.54) is 19.0 Å². The van der Waals surface area contributed by atoms with E-state index in [1.54, 1.807) is 12.3 Å². The number of halogens is 1. The Kier molecular flexibility index (Phi) is 3.48. The maximum Gasteiger partial charge on any atom is 0.146 e. The van der Waals surface area contributed by atoms with Gasteiger partial charge in [-0.15, -0.1) is 0 Å². The Balaban J connectivity index is 2.07. The third kappa shape index (κ3) is 2.83. The monoisotopic (exact) mass is 236 g/mol. The van der Waals surface area contributed by atoms with Gasteiger partial charge in [-0.05, 0) is 43.1 Å². The van der Waals surface area contributed by atoms with Gasteiger partial charge in [0.2, 0.25) is 0 Å². The predicted octanol–water partition coefficient (Wildman–Crippen LogP) is 3.44. The first-order valence-electron chi connectivity index (χ1n) is 6.35. The van der Waals surface area contributed by atoms with Crippen molar-refractivity contribution in [1.29, 1.82) is 0 Å². The van der Waals surface area contributed by atoms with Crippen molar-refractivity contribution in [2.45, 2.75) is 45.6 Å². The summed E-state index contributed by atoms with van der Waals surface area (Å²) in [7, 11) is 0. The van der Waals surface area contributed by atoms with E-state index in [1.807, 2.05) is 0 Å². The first kappa shape index (κ1) is 12.5. The van der Waals surface area contributed by atoms with Crippen molar-refractivity contribution < 1.29 is 4.39 Å². The van der Waals surface area contributed by atoms with E-state index < -0.39 is 0 Å². The minimum absolute atomic E-state index is 0.186. The molecular formula is C14H21FN2. The maximum absolute atomic E-state index is 13.6. The van der Waals surface area contributed by atoms with E-state index >= 15 is 0 Å². The molecule has 0 radical (unpaired) electrons. The van der Waals surface area contributed by atoms with Crippen molar-refractivity contribution in [2.24, 2.45) is 17.1 Å². The topological polar surface area (TPSA) is 38.9 Å². The number of hydrogen-bond donors (Lipinski definition) is 1. The minimum Gasteiger partial charge on any atom is -0.324 e. The third-order valence-electron chi connectivity index (χ3n) is 4.05. The van der Waals surface area contributed by atoms with E-state index in [4.69, 9.17) is 5.73 Å². The summed E-state index contributed by atoms with van der Waals surface area (Å²) in [6, 6.07) is 1.52. The molecule has 1 atom stereocenters. The van der Waals surface area contributed by atoms with Gasteiger partial charge in [-0.25, -0.2) is 4.39 Å². The predicted molar refractivity (Wildman–Crippen MR) is 66.9 cm³/mol. The lowest BCUT2D eigenvalue weighted by Gasteiger charge is -2.37. The van der Waals surface area contributed by atoms with Gasteiger partial charge in [0.25, 0.3) is 0 Å². The number of rotatable bonds is 2. The van der Waals surface area contributed by atoms with Crippen LogP contribution >= 0.6 is 0 Å². The summed E-state index contributed by atoms with van der Waals surface area (Å²) < 4.78 is 13.6. The lowest BCUT2D eigenvalue weighted by Crippen LogP contribution is -2.29. The second-order valence-electron chi connectivity index (χ2n) is 5.92. The molecule has 2 N–H and O–H groups in total. The van der Waals surface area contributed by atoms with Gasteiger partial charge in [0.1, 0.15) is 5.82 Å². The van der Waals surface area contributed by atoms with Gasteiger partial charge in [-0.2, -0.15) is 0 Å². The van der Waals surface area contributed by atoms with Crippen LogP contribution in [0.1, 0.15) is 51.1 Å². The zero-order valence-corrected chi connectivity index (χ0v) is 10.6. The molecule has 1 fully saturated rings. The van der Waals surface area contributed by atoms with Gasteiger partial charge in [0.15, 0.2) is 0 Å². The van der Waals surface area contributed by atoms with Crippen molar-refractivity contribution in [2.75, 3.05) is 0 Å². The molecule has 1 aromatic rings. The summed E-state index contributed by atoms with van der Waals surface area (Å²) in [6.45, 7) is 4.59. The Morgan fingerprint density at radius 1 is 1.41 bits per heavy atom. The third-order valence-corrected chi connectivity index (χ3v) is 4.05. The van der Waals surface area contributed by atoms with Gasteiger partial charge >= 0.3 is 0 Å². The molecule has 0 saturated heterocycles. The normalized spacial score (nSPS) is 22.4. The number of aromatic nitrogens is 1. The van der Waals surface area contributed by atoms with Crippen LogP contribution in [0.2, 0.25) is 0 Å². The Morgan fingerprint density at radius 3 is 2.65 bits per heavy atom. The highest BCUT2D eigenvalue weighted by atomic mass is 19.1. The molecule has 3 heteroatoms. The highest BCUT2D eigenvalue weighted by molar-refractivity contribution is 5.18. The van der Waals surface area contributed by atoms with Gasteiger partial charge in [-0.1, -0.05) is 13.8 Å². The molecule has 1 unspecified atom stereocenters. The molecule has 0 aromatic carbocycles. The molecule has 1 aliphatic rings. The fourth-order valence-electron chi connectivity index (χ4n) is 2.69. The molecule has 1 saturated carbocycles. The van der Waals surface area contributed by atoms with Crippen LogP contribution in [-0.4, -0.2) is 4.98 Å². The smallest absolute Gasteiger partial charge is 0.146 e. The first-order valence-corrected chi connectivity index (χ1v) is 6.35. The Morgan fingerprint density at radius 2 is 2.06 bits per heavy atom. The molecule has 1 heterocycles. The summed E-state index contributed by atoms with van der Waals surface area (Å²) >= 11 is 0. The van der Waals surface area contributed by atoms with E-state index in [0.29, 0.717) is 16.9 Å². The zero-order chi connectivity index (χ0) is 12.5. The summed E-state index contributed by atoms with van der Waals surface area (Å²) in [6.07, 6.45) is 7.41. The number of hydrogen-bond acceptors (Lipinski definition) is 2. The molecule has 0 amide bonds. The summed E-state index contributed by atoms with van der Waals surface area (Å²) in [5.41, 5.74) is 7.23. The van der Waals surface area contributed by atoms with Gasteiger partial charge < -0.3 is 5.73 Å². The molecule has 94 valence electrons. The Bertz CT molecular complexity index is 380. The van der Waals surface area contributed by atoms with Crippen LogP contribution in [0, 0.1) is 17.2 Å². The molecule has 1 aromatic heterocycles. The minimum atomic E-state index is -0.273. The lowest BCUT2D eigenvalue weighted by atomic mass is 9.70. The lowest BCUT2D eigenvalue weighted by molar-refractivity contribution is 0.172. The summed E-state index contributed by atoms with van der Waals surface area (Å²) in [5.74, 6) is 0.129. The van der Waals surface area contributed by atoms with Crippen LogP contribution in [0.25, 0.3) is 0 Å². The highest BCUT2D eigenvalue weighted by Crippen LogP contribution is 2.42. The van der Waals surface area contributed by atoms with Gasteiger partial charge in [0, 0.05) is 17.8 Å². The number of nitrogens with two attached hydrogens (primary N) is 1. The first-order chi connectivity index (χ1) is 7.99. The molecule has 0 bridgehead atoms. The zero-order valence-electron chi connectivity index (χ0n) is 10.6. The number of pyridine rings is 1. The van der Waals surface area contributed by atoms with Crippen molar-refractivity contribution in [3.63, 3.8) is 0 Å². The molecular weight excluding hydrogens is 215 g/mol. The molecule has 2 nitrogen and oxygen atoms in total. The fourth-order valence-corrected chi connectivity index (χ4v) is 2.69. The second-order valence-corrected chi connectivity index (χ2v) is 5.92. The average Bonchev–Trinajstić information content (AvgIpc) is 2.29. The van der Waals surface area contributed by atoms with Crippen LogP contribution in [0.4, 0.5) is 4.39 Å². The maximum atomic E-state index is 13.6. The quantitative estimate of drug-likeness (QED) is 0.854. The van der Waals surface area contributed by atoms with E-state index in [-0.39, 0.29) is 11.9 Å². The SMILES string of the molecule is CC1(C)CCC(C(N)c2ccncc2F)CC1. The van der Waals surface area contributed by atoms with E-state index in [0.717, 1.165) is 12.8 Å². The van der Waals surface area contributed by atoms with Crippen LogP contribution in [0.15, 0.2) is 18.5 Å². The van der Waals surface area contributed by atoms with Crippen LogP contribution in [0.5, 0.6) is 0 Å². The van der Waals surface area contributed by atoms with Crippen molar-refractivity contribution in [1.82, 2.24) is 4.98 Å². The average molecular weight is 236 g/mol. The largest absolute Gasteiger partial charge is 0.324 e. The van der Waals surface area contributed by atoms with E-state index in [9.17, 15) is 4.39 Å². The fraction of sp³-hybridized carbons (Fsp3) is 0.643. The Hall–Kier alpha value is -0.960. The van der Waals surface area contributed by atoms with Crippen LogP contribution in [-0.2, 0) is 0 Å². The van der Waals surface area contributed by atoms with Crippen molar-refractivity contribution in [3.05, 3.63) is 29.8 Å². The second kappa shape index (κ2) is 4.73. The summed E-state index contributed by atoms with van der Waals surface area (Å²) in [5, 5.41) is 0. The van der Waals surface area contributed by atoms with Crippen molar-refractivity contribution in [3.8, 4) is 0 Å². The molecule has 0 spiro atoms. The van der Waals surface area contributed by atoms with E-state index in [2.05, 4.69) is 18.8 Å². The molecule has 0 aliphatic heterocycles. The standard InChI is InChI=1S/C14H21FN2/c1-14(2)6-3-10(4-7-14)13(16)11-5-8-17-9-12(11)15/h5,8-10,13H,3-4,6-7,16H2,1-2H3. The summed E-state index contributed by atoms with van der Waals surface area (Å²) in [4.78, 5) is 3.76. The molecule has 1 aliphatic carbocycles. The van der Waals surface area contributed by atoms with Gasteiger partial charge in [-0.3, -0.25) is 4.98 Å². The van der Waals surface area contributed by atoms with Crippen molar-refractivity contribution >= 4 is 0 Å². The number of nitrogens with zero attached hydrogens (tertiary/aromatic N) is 1. The molecule has 17 heavy (non-hydrogen) atoms.